The van der Waals surface area contributed by atoms with Gasteiger partial charge >= 0.3 is 5.97 Å². The standard InChI is InChI=1S/C30H30N4O7S/c1-4-14-41-23-9-6-20(7-10-23)27-26(29(36)40-5-2)19(3)31-30-33(27)28(35)25(42-30)18-21-17-22(34(37)38)8-11-24(21)32-12-15-39-16-13-32/h4,6-11,17-18,27H,1,5,12-16H2,2-3H3/b25-18-/t27-/m1/s1. The summed E-state index contributed by atoms with van der Waals surface area (Å²) >= 11 is 1.16. The lowest BCUT2D eigenvalue weighted by Crippen LogP contribution is -2.40. The van der Waals surface area contributed by atoms with Gasteiger partial charge in [-0.1, -0.05) is 36.1 Å². The summed E-state index contributed by atoms with van der Waals surface area (Å²) in [5.41, 5.74) is 2.24. The summed E-state index contributed by atoms with van der Waals surface area (Å²) in [5.74, 6) is 0.0593. The number of nitrogens with zero attached hydrogens (tertiary/aromatic N) is 4. The molecule has 0 unspecified atom stereocenters. The van der Waals surface area contributed by atoms with Crippen LogP contribution in [-0.2, 0) is 14.3 Å². The predicted molar refractivity (Wildman–Crippen MR) is 159 cm³/mol. The van der Waals surface area contributed by atoms with Gasteiger partial charge in [0.15, 0.2) is 4.80 Å². The number of ether oxygens (including phenoxy) is 3. The van der Waals surface area contributed by atoms with E-state index in [1.807, 2.05) is 0 Å². The lowest BCUT2D eigenvalue weighted by atomic mass is 9.96. The van der Waals surface area contributed by atoms with Gasteiger partial charge in [0.2, 0.25) is 0 Å². The normalized spacial score (nSPS) is 17.0. The number of hydrogen-bond donors (Lipinski definition) is 0. The summed E-state index contributed by atoms with van der Waals surface area (Å²) in [6, 6.07) is 11.0. The Labute approximate surface area is 245 Å². The van der Waals surface area contributed by atoms with Gasteiger partial charge in [0.05, 0.1) is 46.6 Å². The first-order valence-corrected chi connectivity index (χ1v) is 14.3. The van der Waals surface area contributed by atoms with Crippen LogP contribution in [0.2, 0.25) is 0 Å². The van der Waals surface area contributed by atoms with E-state index in [0.29, 0.717) is 64.8 Å². The van der Waals surface area contributed by atoms with Crippen molar-refractivity contribution in [3.63, 3.8) is 0 Å². The average Bonchev–Trinajstić information content (AvgIpc) is 3.29. The third kappa shape index (κ3) is 5.76. The summed E-state index contributed by atoms with van der Waals surface area (Å²) in [4.78, 5) is 45.5. The van der Waals surface area contributed by atoms with Crippen molar-refractivity contribution >= 4 is 34.8 Å². The molecule has 0 saturated carbocycles. The number of allylic oxidation sites excluding steroid dienone is 1. The van der Waals surface area contributed by atoms with E-state index in [-0.39, 0.29) is 23.4 Å². The minimum Gasteiger partial charge on any atom is -0.490 e. The van der Waals surface area contributed by atoms with Crippen LogP contribution in [0, 0.1) is 10.1 Å². The molecule has 12 heteroatoms. The summed E-state index contributed by atoms with van der Waals surface area (Å²) in [6.07, 6.45) is 3.30. The predicted octanol–water partition coefficient (Wildman–Crippen LogP) is 3.11. The van der Waals surface area contributed by atoms with E-state index < -0.39 is 16.9 Å². The second-order valence-electron chi connectivity index (χ2n) is 9.57. The van der Waals surface area contributed by atoms with Crippen LogP contribution in [0.25, 0.3) is 6.08 Å². The minimum atomic E-state index is -0.792. The topological polar surface area (TPSA) is 126 Å². The van der Waals surface area contributed by atoms with Crippen LogP contribution in [0.4, 0.5) is 11.4 Å². The summed E-state index contributed by atoms with van der Waals surface area (Å²) in [7, 11) is 0. The molecule has 1 saturated heterocycles. The largest absolute Gasteiger partial charge is 0.490 e. The highest BCUT2D eigenvalue weighted by molar-refractivity contribution is 7.07. The van der Waals surface area contributed by atoms with E-state index in [0.717, 1.165) is 17.0 Å². The molecular formula is C30H30N4O7S. The molecule has 218 valence electrons. The summed E-state index contributed by atoms with van der Waals surface area (Å²) < 4.78 is 18.3. The van der Waals surface area contributed by atoms with Crippen LogP contribution in [0.3, 0.4) is 0 Å². The number of esters is 1. The molecule has 2 aliphatic rings. The molecule has 42 heavy (non-hydrogen) atoms. The Kier molecular flexibility index (Phi) is 8.64. The van der Waals surface area contributed by atoms with Crippen LogP contribution >= 0.6 is 11.3 Å². The number of hydrogen-bond acceptors (Lipinski definition) is 10. The lowest BCUT2D eigenvalue weighted by molar-refractivity contribution is -0.384. The number of carbonyl (C=O) groups excluding carboxylic acids is 1. The van der Waals surface area contributed by atoms with Gasteiger partial charge in [0.1, 0.15) is 12.4 Å². The second kappa shape index (κ2) is 12.5. The fraction of sp³-hybridized carbons (Fsp3) is 0.300. The Bertz CT molecular complexity index is 1730. The molecule has 11 nitrogen and oxygen atoms in total. The van der Waals surface area contributed by atoms with E-state index >= 15 is 0 Å². The van der Waals surface area contributed by atoms with Crippen LogP contribution in [0.1, 0.15) is 31.0 Å². The first-order chi connectivity index (χ1) is 20.3. The van der Waals surface area contributed by atoms with Gasteiger partial charge in [-0.15, -0.1) is 0 Å². The number of nitro benzene ring substituents is 1. The highest BCUT2D eigenvalue weighted by Gasteiger charge is 2.33. The SMILES string of the molecule is C=CCOc1ccc([C@@H]2C(C(=O)OCC)=C(C)N=c3s/c(=C\c4cc([N+](=O)[O-])ccc4N4CCOCC4)c(=O)n32)cc1. The molecule has 0 amide bonds. The van der Waals surface area contributed by atoms with E-state index in [1.54, 1.807) is 56.3 Å². The second-order valence-corrected chi connectivity index (χ2v) is 10.6. The third-order valence-electron chi connectivity index (χ3n) is 6.94. The molecular weight excluding hydrogens is 560 g/mol. The molecule has 0 N–H and O–H groups in total. The van der Waals surface area contributed by atoms with Crippen molar-refractivity contribution in [2.24, 2.45) is 4.99 Å². The van der Waals surface area contributed by atoms with E-state index in [4.69, 9.17) is 14.2 Å². The van der Waals surface area contributed by atoms with Gasteiger partial charge < -0.3 is 19.1 Å². The number of nitro groups is 1. The maximum Gasteiger partial charge on any atom is 0.338 e. The van der Waals surface area contributed by atoms with Crippen molar-refractivity contribution < 1.29 is 23.9 Å². The molecule has 3 heterocycles. The van der Waals surface area contributed by atoms with Crippen molar-refractivity contribution in [2.75, 3.05) is 44.4 Å². The molecule has 0 aliphatic carbocycles. The monoisotopic (exact) mass is 590 g/mol. The van der Waals surface area contributed by atoms with Gasteiger partial charge in [0, 0.05) is 36.5 Å². The van der Waals surface area contributed by atoms with Gasteiger partial charge in [-0.25, -0.2) is 9.79 Å². The van der Waals surface area contributed by atoms with E-state index in [2.05, 4.69) is 16.5 Å². The number of carbonyl (C=O) groups is 1. The van der Waals surface area contributed by atoms with Crippen LogP contribution in [0.5, 0.6) is 5.75 Å². The zero-order valence-corrected chi connectivity index (χ0v) is 24.1. The van der Waals surface area contributed by atoms with Gasteiger partial charge in [0.25, 0.3) is 11.2 Å². The number of aromatic nitrogens is 1. The molecule has 2 aliphatic heterocycles. The number of fused-ring (bicyclic) bond motifs is 1. The fourth-order valence-electron chi connectivity index (χ4n) is 5.01. The highest BCUT2D eigenvalue weighted by Crippen LogP contribution is 2.32. The number of thiazole rings is 1. The Hall–Kier alpha value is -4.55. The zero-order valence-electron chi connectivity index (χ0n) is 23.3. The molecule has 0 radical (unpaired) electrons. The number of morpholine rings is 1. The van der Waals surface area contributed by atoms with Crippen molar-refractivity contribution in [3.8, 4) is 5.75 Å². The molecule has 1 fully saturated rings. The summed E-state index contributed by atoms with van der Waals surface area (Å²) in [5, 5.41) is 11.6. The number of benzene rings is 2. The van der Waals surface area contributed by atoms with Crippen LogP contribution < -0.4 is 24.5 Å². The molecule has 2 aromatic carbocycles. The van der Waals surface area contributed by atoms with Gasteiger partial charge in [-0.3, -0.25) is 19.5 Å². The molecule has 5 rings (SSSR count). The Balaban J connectivity index is 1.67. The Morgan fingerprint density at radius 3 is 2.64 bits per heavy atom. The number of non-ortho nitro benzene ring substituents is 1. The summed E-state index contributed by atoms with van der Waals surface area (Å²) in [6.45, 7) is 9.90. The maximum atomic E-state index is 14.1. The maximum absolute atomic E-state index is 14.1. The molecule has 1 atom stereocenters. The molecule has 1 aromatic heterocycles. The average molecular weight is 591 g/mol. The van der Waals surface area contributed by atoms with Crippen LogP contribution in [-0.4, -0.2) is 55.0 Å². The lowest BCUT2D eigenvalue weighted by Gasteiger charge is -2.30. The van der Waals surface area contributed by atoms with Crippen molar-refractivity contribution in [1.82, 2.24) is 4.57 Å². The molecule has 3 aromatic rings. The molecule has 0 spiro atoms. The Morgan fingerprint density at radius 1 is 1.24 bits per heavy atom. The Morgan fingerprint density at radius 2 is 1.98 bits per heavy atom. The zero-order chi connectivity index (χ0) is 29.8. The molecule has 0 bridgehead atoms. The fourth-order valence-corrected chi connectivity index (χ4v) is 6.05. The smallest absolute Gasteiger partial charge is 0.338 e. The first kappa shape index (κ1) is 29.0. The highest BCUT2D eigenvalue weighted by atomic mass is 32.1. The van der Waals surface area contributed by atoms with E-state index in [1.165, 1.54) is 16.7 Å². The van der Waals surface area contributed by atoms with Crippen molar-refractivity contribution in [1.29, 1.82) is 0 Å². The first-order valence-electron chi connectivity index (χ1n) is 13.5. The van der Waals surface area contributed by atoms with Gasteiger partial charge in [-0.2, -0.15) is 0 Å². The number of rotatable bonds is 9. The van der Waals surface area contributed by atoms with Crippen molar-refractivity contribution in [3.05, 3.63) is 107 Å². The third-order valence-corrected chi connectivity index (χ3v) is 7.92. The quantitative estimate of drug-likeness (QED) is 0.161. The van der Waals surface area contributed by atoms with E-state index in [9.17, 15) is 19.7 Å². The van der Waals surface area contributed by atoms with Crippen molar-refractivity contribution in [2.45, 2.75) is 19.9 Å². The number of anilines is 1. The van der Waals surface area contributed by atoms with Crippen LogP contribution in [0.15, 0.2) is 76.2 Å². The minimum absolute atomic E-state index is 0.0804. The van der Waals surface area contributed by atoms with Gasteiger partial charge in [-0.05, 0) is 43.7 Å².